The van der Waals surface area contributed by atoms with Crippen molar-refractivity contribution in [3.8, 4) is 5.75 Å². The van der Waals surface area contributed by atoms with Crippen LogP contribution in [0.2, 0.25) is 0 Å². The summed E-state index contributed by atoms with van der Waals surface area (Å²) in [6, 6.07) is 8.48. The molecule has 0 saturated heterocycles. The van der Waals surface area contributed by atoms with Crippen molar-refractivity contribution < 1.29 is 33.2 Å². The van der Waals surface area contributed by atoms with Crippen molar-refractivity contribution in [3.05, 3.63) is 29.8 Å². The lowest BCUT2D eigenvalue weighted by Gasteiger charge is -2.09. The Labute approximate surface area is 239 Å². The van der Waals surface area contributed by atoms with Crippen molar-refractivity contribution in [1.29, 1.82) is 0 Å². The van der Waals surface area contributed by atoms with Crippen LogP contribution in [0, 0.1) is 0 Å². The van der Waals surface area contributed by atoms with E-state index in [-0.39, 0.29) is 0 Å². The molecule has 0 unspecified atom stereocenters. The highest BCUT2D eigenvalue weighted by Crippen LogP contribution is 2.15. The maximum absolute atomic E-state index is 5.77. The predicted octanol–water partition coefficient (Wildman–Crippen LogP) is 6.65. The molecule has 0 atom stereocenters. The minimum atomic E-state index is 0.540. The van der Waals surface area contributed by atoms with Crippen LogP contribution < -0.4 is 4.74 Å². The minimum Gasteiger partial charge on any atom is -0.491 e. The molecule has 0 fully saturated rings. The number of hydrogen-bond acceptors (Lipinski definition) is 7. The molecule has 1 aromatic carbocycles. The number of rotatable bonds is 31. The molecular weight excluding hydrogens is 496 g/mol. The van der Waals surface area contributed by atoms with E-state index < -0.39 is 0 Å². The molecule has 0 amide bonds. The van der Waals surface area contributed by atoms with E-state index in [1.54, 1.807) is 0 Å². The largest absolute Gasteiger partial charge is 0.491 e. The Bertz CT molecular complexity index is 597. The number of benzene rings is 1. The molecule has 0 saturated carbocycles. The maximum Gasteiger partial charge on any atom is 0.119 e. The van der Waals surface area contributed by atoms with Crippen LogP contribution >= 0.6 is 0 Å². The summed E-state index contributed by atoms with van der Waals surface area (Å²) >= 11 is 0. The smallest absolute Gasteiger partial charge is 0.119 e. The topological polar surface area (TPSA) is 64.6 Å². The van der Waals surface area contributed by atoms with Crippen LogP contribution in [0.5, 0.6) is 5.75 Å². The lowest BCUT2D eigenvalue weighted by Crippen LogP contribution is -2.14. The Balaban J connectivity index is 1.77. The summed E-state index contributed by atoms with van der Waals surface area (Å²) in [5, 5.41) is 0. The Kier molecular flexibility index (Phi) is 27.3. The average Bonchev–Trinajstić information content (AvgIpc) is 2.96. The second kappa shape index (κ2) is 29.8. The van der Waals surface area contributed by atoms with Crippen LogP contribution in [-0.2, 0) is 34.8 Å². The third-order valence-corrected chi connectivity index (χ3v) is 6.24. The number of hydrogen-bond donors (Lipinski definition) is 0. The van der Waals surface area contributed by atoms with Crippen molar-refractivity contribution >= 4 is 0 Å². The molecule has 0 spiro atoms. The maximum atomic E-state index is 5.77. The Morgan fingerprint density at radius 2 is 0.769 bits per heavy atom. The summed E-state index contributed by atoms with van der Waals surface area (Å²) in [7, 11) is 0. The van der Waals surface area contributed by atoms with Gasteiger partial charge < -0.3 is 33.2 Å². The Morgan fingerprint density at radius 1 is 0.385 bits per heavy atom. The van der Waals surface area contributed by atoms with Gasteiger partial charge in [-0.2, -0.15) is 0 Å². The van der Waals surface area contributed by atoms with Crippen molar-refractivity contribution in [2.45, 2.75) is 84.5 Å². The molecule has 0 bridgehead atoms. The molecular formula is C32H58O7. The van der Waals surface area contributed by atoms with Gasteiger partial charge in [0.15, 0.2) is 0 Å². The van der Waals surface area contributed by atoms with Gasteiger partial charge in [0.2, 0.25) is 0 Å². The lowest BCUT2D eigenvalue weighted by atomic mass is 10.0. The van der Waals surface area contributed by atoms with Crippen molar-refractivity contribution in [3.63, 3.8) is 0 Å². The van der Waals surface area contributed by atoms with Gasteiger partial charge in [-0.1, -0.05) is 77.3 Å². The minimum absolute atomic E-state index is 0.540. The van der Waals surface area contributed by atoms with Crippen LogP contribution in [0.15, 0.2) is 24.3 Å². The third kappa shape index (κ3) is 25.5. The van der Waals surface area contributed by atoms with Crippen LogP contribution in [0.4, 0.5) is 0 Å². The zero-order valence-electron chi connectivity index (χ0n) is 25.1. The first kappa shape index (κ1) is 35.8. The highest BCUT2D eigenvalue weighted by atomic mass is 16.6. The summed E-state index contributed by atoms with van der Waals surface area (Å²) in [5.74, 6) is 0.898. The first-order valence-corrected chi connectivity index (χ1v) is 15.5. The van der Waals surface area contributed by atoms with E-state index in [0.29, 0.717) is 79.3 Å². The highest BCUT2D eigenvalue weighted by Gasteiger charge is 1.98. The normalized spacial score (nSPS) is 11.3. The SMILES string of the molecule is CCCCCCCCCc1ccc(OCCOCCOCCOCCOCCOCCOCCCCC)cc1. The fraction of sp³-hybridized carbons (Fsp3) is 0.812. The van der Waals surface area contributed by atoms with E-state index in [9.17, 15) is 0 Å². The first-order chi connectivity index (χ1) is 19.4. The molecule has 0 aromatic heterocycles. The van der Waals surface area contributed by atoms with Gasteiger partial charge in [0.1, 0.15) is 12.4 Å². The molecule has 0 N–H and O–H groups in total. The van der Waals surface area contributed by atoms with Gasteiger partial charge >= 0.3 is 0 Å². The van der Waals surface area contributed by atoms with Crippen molar-refractivity contribution in [1.82, 2.24) is 0 Å². The average molecular weight is 555 g/mol. The second-order valence-corrected chi connectivity index (χ2v) is 9.75. The van der Waals surface area contributed by atoms with Crippen LogP contribution in [0.1, 0.15) is 83.6 Å². The molecule has 0 aliphatic rings. The molecule has 0 aliphatic carbocycles. The molecule has 39 heavy (non-hydrogen) atoms. The first-order valence-electron chi connectivity index (χ1n) is 15.5. The van der Waals surface area contributed by atoms with E-state index in [2.05, 4.69) is 38.1 Å². The zero-order chi connectivity index (χ0) is 27.9. The van der Waals surface area contributed by atoms with Crippen LogP contribution in [-0.4, -0.2) is 85.9 Å². The summed E-state index contributed by atoms with van der Waals surface area (Å²) in [6.07, 6.45) is 14.2. The fourth-order valence-corrected chi connectivity index (χ4v) is 3.91. The van der Waals surface area contributed by atoms with E-state index in [0.717, 1.165) is 25.2 Å². The molecule has 0 heterocycles. The zero-order valence-corrected chi connectivity index (χ0v) is 25.1. The van der Waals surface area contributed by atoms with E-state index >= 15 is 0 Å². The standard InChI is InChI=1S/C32H58O7/c1-3-5-7-8-9-10-11-13-31-14-16-32(17-15-31)39-30-29-38-28-27-37-26-25-36-24-23-35-22-21-34-20-19-33-18-12-6-4-2/h14-17H,3-13,18-30H2,1-2H3. The summed E-state index contributed by atoms with van der Waals surface area (Å²) in [6.45, 7) is 12.1. The lowest BCUT2D eigenvalue weighted by molar-refractivity contribution is -0.0179. The second-order valence-electron chi connectivity index (χ2n) is 9.75. The van der Waals surface area contributed by atoms with Gasteiger partial charge in [-0.15, -0.1) is 0 Å². The van der Waals surface area contributed by atoms with E-state index in [1.807, 2.05) is 0 Å². The molecule has 0 radical (unpaired) electrons. The third-order valence-electron chi connectivity index (χ3n) is 6.24. The van der Waals surface area contributed by atoms with E-state index in [1.165, 1.54) is 63.4 Å². The quantitative estimate of drug-likeness (QED) is 0.0952. The van der Waals surface area contributed by atoms with Gasteiger partial charge in [0, 0.05) is 6.61 Å². The summed E-state index contributed by atoms with van der Waals surface area (Å²) in [5.41, 5.74) is 1.39. The molecule has 1 aromatic rings. The molecule has 228 valence electrons. The predicted molar refractivity (Wildman–Crippen MR) is 158 cm³/mol. The summed E-state index contributed by atoms with van der Waals surface area (Å²) in [4.78, 5) is 0. The fourth-order valence-electron chi connectivity index (χ4n) is 3.91. The van der Waals surface area contributed by atoms with Gasteiger partial charge in [0.05, 0.1) is 72.7 Å². The molecule has 1 rings (SSSR count). The Hall–Kier alpha value is -1.22. The summed E-state index contributed by atoms with van der Waals surface area (Å²) < 4.78 is 38.8. The number of ether oxygens (including phenoxy) is 7. The molecule has 0 aliphatic heterocycles. The van der Waals surface area contributed by atoms with Crippen molar-refractivity contribution in [2.24, 2.45) is 0 Å². The van der Waals surface area contributed by atoms with Gasteiger partial charge in [-0.05, 0) is 37.0 Å². The van der Waals surface area contributed by atoms with Gasteiger partial charge in [-0.3, -0.25) is 0 Å². The molecule has 7 heteroatoms. The van der Waals surface area contributed by atoms with E-state index in [4.69, 9.17) is 33.2 Å². The monoisotopic (exact) mass is 554 g/mol. The Morgan fingerprint density at radius 3 is 1.26 bits per heavy atom. The van der Waals surface area contributed by atoms with Crippen molar-refractivity contribution in [2.75, 3.05) is 85.9 Å². The van der Waals surface area contributed by atoms with Crippen LogP contribution in [0.3, 0.4) is 0 Å². The van der Waals surface area contributed by atoms with Gasteiger partial charge in [0.25, 0.3) is 0 Å². The highest BCUT2D eigenvalue weighted by molar-refractivity contribution is 5.27. The number of aryl methyl sites for hydroxylation is 1. The number of unbranched alkanes of at least 4 members (excludes halogenated alkanes) is 8. The van der Waals surface area contributed by atoms with Gasteiger partial charge in [-0.25, -0.2) is 0 Å². The van der Waals surface area contributed by atoms with Crippen LogP contribution in [0.25, 0.3) is 0 Å². The molecule has 7 nitrogen and oxygen atoms in total.